The van der Waals surface area contributed by atoms with Gasteiger partial charge in [-0.2, -0.15) is 5.26 Å². The van der Waals surface area contributed by atoms with Crippen LogP contribution in [0.2, 0.25) is 0 Å². The highest BCUT2D eigenvalue weighted by molar-refractivity contribution is 8.03. The number of benzene rings is 1. The molecule has 0 saturated carbocycles. The van der Waals surface area contributed by atoms with Crippen molar-refractivity contribution in [3.63, 3.8) is 0 Å². The number of esters is 1. The highest BCUT2D eigenvalue weighted by atomic mass is 32.2. The second-order valence-electron chi connectivity index (χ2n) is 7.18. The molecule has 4 rings (SSSR count). The van der Waals surface area contributed by atoms with Crippen LogP contribution >= 0.6 is 23.1 Å². The quantitative estimate of drug-likeness (QED) is 0.344. The molecule has 0 aliphatic carbocycles. The Hall–Kier alpha value is -3.81. The first kappa shape index (κ1) is 23.4. The van der Waals surface area contributed by atoms with Crippen molar-refractivity contribution in [2.45, 2.75) is 12.8 Å². The monoisotopic (exact) mass is 492 g/mol. The van der Waals surface area contributed by atoms with Crippen LogP contribution in [0.15, 0.2) is 81.6 Å². The van der Waals surface area contributed by atoms with E-state index in [1.54, 1.807) is 19.1 Å². The minimum absolute atomic E-state index is 0.0395. The van der Waals surface area contributed by atoms with E-state index in [2.05, 4.69) is 28.3 Å². The van der Waals surface area contributed by atoms with Crippen molar-refractivity contribution in [3.8, 4) is 6.07 Å². The molecule has 3 heterocycles. The topological polar surface area (TPSA) is 117 Å². The van der Waals surface area contributed by atoms with Gasteiger partial charge in [0.05, 0.1) is 50.4 Å². The molecule has 2 N–H and O–H groups in total. The number of ether oxygens (including phenoxy) is 1. The van der Waals surface area contributed by atoms with E-state index in [1.165, 1.54) is 35.4 Å². The lowest BCUT2D eigenvalue weighted by Gasteiger charge is -2.27. The highest BCUT2D eigenvalue weighted by Gasteiger charge is 2.37. The van der Waals surface area contributed by atoms with E-state index in [0.717, 1.165) is 10.2 Å². The van der Waals surface area contributed by atoms with Crippen LogP contribution in [0.25, 0.3) is 10.2 Å². The Kier molecular flexibility index (Phi) is 7.15. The van der Waals surface area contributed by atoms with Crippen molar-refractivity contribution in [1.29, 1.82) is 5.26 Å². The van der Waals surface area contributed by atoms with Gasteiger partial charge in [0.25, 0.3) is 0 Å². The lowest BCUT2D eigenvalue weighted by molar-refractivity contribution is -0.138. The van der Waals surface area contributed by atoms with Gasteiger partial charge >= 0.3 is 5.97 Å². The largest absolute Gasteiger partial charge is 0.468 e. The molecule has 1 unspecified atom stereocenters. The summed E-state index contributed by atoms with van der Waals surface area (Å²) in [5.41, 5.74) is 1.88. The molecule has 1 atom stereocenters. The van der Waals surface area contributed by atoms with Crippen LogP contribution in [0.4, 0.5) is 5.13 Å². The zero-order valence-electron chi connectivity index (χ0n) is 18.2. The number of dihydropyridines is 1. The Bertz CT molecular complexity index is 1320. The standard InChI is InChI=1S/C24H20N4O4S2/c1-3-10-32-23(30)20-14(2)26-22(15(12-25)21(20)17-8-6-11-31-17)33-13-19(29)28-24-27-16-7-4-5-9-18(16)34-24/h3-9,11,21,26H,1,10,13H2,2H3,(H,27,28,29). The van der Waals surface area contributed by atoms with Crippen molar-refractivity contribution in [3.05, 3.63) is 82.9 Å². The number of amides is 1. The van der Waals surface area contributed by atoms with Crippen LogP contribution in [0.1, 0.15) is 18.6 Å². The third-order valence-electron chi connectivity index (χ3n) is 4.92. The van der Waals surface area contributed by atoms with Gasteiger partial charge in [0.2, 0.25) is 5.91 Å². The molecule has 2 aromatic heterocycles. The predicted octanol–water partition coefficient (Wildman–Crippen LogP) is 4.69. The maximum atomic E-state index is 12.8. The van der Waals surface area contributed by atoms with E-state index in [4.69, 9.17) is 9.15 Å². The molecule has 172 valence electrons. The number of nitrogens with one attached hydrogen (secondary N) is 2. The molecule has 1 aliphatic rings. The summed E-state index contributed by atoms with van der Waals surface area (Å²) in [6.07, 6.45) is 2.95. The number of fused-ring (bicyclic) bond motifs is 1. The van der Waals surface area contributed by atoms with Gasteiger partial charge in [-0.3, -0.25) is 4.79 Å². The van der Waals surface area contributed by atoms with Crippen molar-refractivity contribution in [2.75, 3.05) is 17.7 Å². The molecule has 1 amide bonds. The van der Waals surface area contributed by atoms with E-state index in [1.807, 2.05) is 24.3 Å². The van der Waals surface area contributed by atoms with Gasteiger partial charge in [-0.1, -0.05) is 47.9 Å². The maximum Gasteiger partial charge on any atom is 0.337 e. The second kappa shape index (κ2) is 10.4. The van der Waals surface area contributed by atoms with E-state index < -0.39 is 11.9 Å². The van der Waals surface area contributed by atoms with E-state index >= 15 is 0 Å². The number of nitrogens with zero attached hydrogens (tertiary/aromatic N) is 2. The minimum atomic E-state index is -0.756. The Balaban J connectivity index is 1.54. The number of furan rings is 1. The fraction of sp³-hybridized carbons (Fsp3) is 0.167. The van der Waals surface area contributed by atoms with Crippen LogP contribution in [-0.2, 0) is 14.3 Å². The molecule has 0 fully saturated rings. The van der Waals surface area contributed by atoms with Crippen LogP contribution in [-0.4, -0.2) is 29.2 Å². The SMILES string of the molecule is C=CCOC(=O)C1=C(C)NC(SCC(=O)Nc2nc3ccccc3s2)=C(C#N)C1c1ccco1. The number of thioether (sulfide) groups is 1. The molecule has 0 saturated heterocycles. The number of hydrogen-bond donors (Lipinski definition) is 2. The zero-order chi connectivity index (χ0) is 24.1. The van der Waals surface area contributed by atoms with Gasteiger partial charge in [0.1, 0.15) is 12.4 Å². The average molecular weight is 493 g/mol. The summed E-state index contributed by atoms with van der Waals surface area (Å²) in [4.78, 5) is 29.8. The normalized spacial score (nSPS) is 15.6. The number of carbonyl (C=O) groups is 2. The number of carbonyl (C=O) groups excluding carboxylic acids is 2. The average Bonchev–Trinajstić information content (AvgIpc) is 3.50. The van der Waals surface area contributed by atoms with Crippen LogP contribution in [0.3, 0.4) is 0 Å². The van der Waals surface area contributed by atoms with E-state index in [0.29, 0.717) is 21.6 Å². The van der Waals surface area contributed by atoms with Crippen LogP contribution in [0.5, 0.6) is 0 Å². The number of aromatic nitrogens is 1. The number of nitriles is 1. The van der Waals surface area contributed by atoms with Crippen LogP contribution < -0.4 is 10.6 Å². The van der Waals surface area contributed by atoms with Gasteiger partial charge in [-0.15, -0.1) is 0 Å². The number of allylic oxidation sites excluding steroid dienone is 2. The number of thiazole rings is 1. The third-order valence-corrected chi connectivity index (χ3v) is 6.88. The summed E-state index contributed by atoms with van der Waals surface area (Å²) in [7, 11) is 0. The number of hydrogen-bond acceptors (Lipinski definition) is 9. The van der Waals surface area contributed by atoms with Crippen molar-refractivity contribution < 1.29 is 18.7 Å². The highest BCUT2D eigenvalue weighted by Crippen LogP contribution is 2.41. The molecule has 1 aromatic carbocycles. The summed E-state index contributed by atoms with van der Waals surface area (Å²) in [6, 6.07) is 13.2. The van der Waals surface area contributed by atoms with Gasteiger partial charge < -0.3 is 19.8 Å². The van der Waals surface area contributed by atoms with Crippen molar-refractivity contribution >= 4 is 50.3 Å². The molecule has 1 aliphatic heterocycles. The van der Waals surface area contributed by atoms with Crippen molar-refractivity contribution in [1.82, 2.24) is 10.3 Å². The Labute approximate surface area is 204 Å². The summed E-state index contributed by atoms with van der Waals surface area (Å²) >= 11 is 2.56. The Morgan fingerprint density at radius 2 is 2.21 bits per heavy atom. The summed E-state index contributed by atoms with van der Waals surface area (Å²) in [5, 5.41) is 16.9. The lowest BCUT2D eigenvalue weighted by Crippen LogP contribution is -2.29. The summed E-state index contributed by atoms with van der Waals surface area (Å²) in [6.45, 7) is 5.32. The number of rotatable bonds is 8. The molecule has 0 spiro atoms. The molecule has 10 heteroatoms. The molecule has 8 nitrogen and oxygen atoms in total. The minimum Gasteiger partial charge on any atom is -0.468 e. The molecule has 0 bridgehead atoms. The van der Waals surface area contributed by atoms with E-state index in [-0.39, 0.29) is 29.4 Å². The molecule has 3 aromatic rings. The number of anilines is 1. The first-order valence-electron chi connectivity index (χ1n) is 10.2. The maximum absolute atomic E-state index is 12.8. The van der Waals surface area contributed by atoms with Gasteiger partial charge in [-0.25, -0.2) is 9.78 Å². The molecular formula is C24H20N4O4S2. The number of para-hydroxylation sites is 1. The fourth-order valence-electron chi connectivity index (χ4n) is 3.47. The van der Waals surface area contributed by atoms with E-state index in [9.17, 15) is 14.9 Å². The van der Waals surface area contributed by atoms with Crippen LogP contribution in [0, 0.1) is 11.3 Å². The zero-order valence-corrected chi connectivity index (χ0v) is 19.8. The molecular weight excluding hydrogens is 472 g/mol. The first-order chi connectivity index (χ1) is 16.5. The first-order valence-corrected chi connectivity index (χ1v) is 12.0. The smallest absolute Gasteiger partial charge is 0.337 e. The third kappa shape index (κ3) is 4.90. The molecule has 34 heavy (non-hydrogen) atoms. The van der Waals surface area contributed by atoms with Gasteiger partial charge in [0, 0.05) is 5.70 Å². The summed E-state index contributed by atoms with van der Waals surface area (Å²) < 4.78 is 11.8. The Morgan fingerprint density at radius 3 is 2.91 bits per heavy atom. The van der Waals surface area contributed by atoms with Crippen molar-refractivity contribution in [2.24, 2.45) is 0 Å². The fourth-order valence-corrected chi connectivity index (χ4v) is 5.24. The Morgan fingerprint density at radius 1 is 1.38 bits per heavy atom. The second-order valence-corrected chi connectivity index (χ2v) is 9.19. The summed E-state index contributed by atoms with van der Waals surface area (Å²) in [5.74, 6) is -1.12. The molecule has 0 radical (unpaired) electrons. The predicted molar refractivity (Wildman–Crippen MR) is 132 cm³/mol. The van der Waals surface area contributed by atoms with Gasteiger partial charge in [0.15, 0.2) is 5.13 Å². The van der Waals surface area contributed by atoms with Gasteiger partial charge in [-0.05, 0) is 31.2 Å². The lowest BCUT2D eigenvalue weighted by atomic mass is 9.86.